The summed E-state index contributed by atoms with van der Waals surface area (Å²) in [5.74, 6) is 0.526. The maximum atomic E-state index is 5.75. The lowest BCUT2D eigenvalue weighted by Crippen LogP contribution is -2.10. The molecule has 0 amide bonds. The van der Waals surface area contributed by atoms with Crippen LogP contribution in [-0.2, 0) is 6.42 Å². The average molecular weight is 239 g/mol. The third-order valence-electron chi connectivity index (χ3n) is 3.39. The molecule has 18 heavy (non-hydrogen) atoms. The van der Waals surface area contributed by atoms with Crippen LogP contribution >= 0.6 is 0 Å². The molecule has 0 fully saturated rings. The van der Waals surface area contributed by atoms with Crippen molar-refractivity contribution in [2.24, 2.45) is 5.73 Å². The predicted octanol–water partition coefficient (Wildman–Crippen LogP) is 3.67. The molecule has 2 aromatic rings. The topological polar surface area (TPSA) is 26.0 Å². The Bertz CT molecular complexity index is 459. The summed E-state index contributed by atoms with van der Waals surface area (Å²) in [6.45, 7) is 2.87. The van der Waals surface area contributed by atoms with E-state index in [2.05, 4.69) is 61.5 Å². The number of aryl methyl sites for hydroxylation is 1. The van der Waals surface area contributed by atoms with Crippen LogP contribution in [0.1, 0.15) is 29.0 Å². The molecule has 1 unspecified atom stereocenters. The highest BCUT2D eigenvalue weighted by Gasteiger charge is 2.11. The Labute approximate surface area is 110 Å². The van der Waals surface area contributed by atoms with Crippen LogP contribution in [0.3, 0.4) is 0 Å². The van der Waals surface area contributed by atoms with Crippen LogP contribution in [0.4, 0.5) is 0 Å². The number of rotatable bonds is 5. The van der Waals surface area contributed by atoms with Gasteiger partial charge >= 0.3 is 0 Å². The first-order valence-corrected chi connectivity index (χ1v) is 6.60. The molecule has 1 nitrogen and oxygen atoms in total. The second-order valence-corrected chi connectivity index (χ2v) is 4.87. The molecule has 0 radical (unpaired) electrons. The highest BCUT2D eigenvalue weighted by atomic mass is 14.5. The summed E-state index contributed by atoms with van der Waals surface area (Å²) in [7, 11) is 0. The molecule has 0 aromatic heterocycles. The number of nitrogens with two attached hydrogens (primary N) is 1. The Hall–Kier alpha value is -1.60. The zero-order chi connectivity index (χ0) is 12.8. The van der Waals surface area contributed by atoms with E-state index in [0.29, 0.717) is 5.92 Å². The molecule has 0 saturated carbocycles. The van der Waals surface area contributed by atoms with Crippen molar-refractivity contribution in [3.8, 4) is 0 Å². The molecule has 0 aliphatic carbocycles. The molecule has 0 saturated heterocycles. The standard InChI is InChI=1S/C17H21N/c1-14-7-9-16(10-8-14)17(11-12-18)13-15-5-3-2-4-6-15/h2-10,17H,11-13,18H2,1H3. The molecule has 1 atom stereocenters. The van der Waals surface area contributed by atoms with Crippen molar-refractivity contribution in [3.63, 3.8) is 0 Å². The van der Waals surface area contributed by atoms with Crippen molar-refractivity contribution in [2.45, 2.75) is 25.7 Å². The molecule has 2 rings (SSSR count). The summed E-state index contributed by atoms with van der Waals surface area (Å²) in [5.41, 5.74) is 9.84. The van der Waals surface area contributed by atoms with E-state index in [-0.39, 0.29) is 0 Å². The van der Waals surface area contributed by atoms with Gasteiger partial charge in [-0.1, -0.05) is 60.2 Å². The van der Waals surface area contributed by atoms with Gasteiger partial charge in [-0.15, -0.1) is 0 Å². The van der Waals surface area contributed by atoms with Gasteiger partial charge in [-0.2, -0.15) is 0 Å². The highest BCUT2D eigenvalue weighted by molar-refractivity contribution is 5.27. The quantitative estimate of drug-likeness (QED) is 0.846. The van der Waals surface area contributed by atoms with Crippen LogP contribution < -0.4 is 5.73 Å². The maximum absolute atomic E-state index is 5.75. The predicted molar refractivity (Wildman–Crippen MR) is 77.7 cm³/mol. The number of benzene rings is 2. The summed E-state index contributed by atoms with van der Waals surface area (Å²) in [5, 5.41) is 0. The Balaban J connectivity index is 2.15. The molecule has 0 aliphatic heterocycles. The fourth-order valence-electron chi connectivity index (χ4n) is 2.32. The van der Waals surface area contributed by atoms with Gasteiger partial charge in [0, 0.05) is 0 Å². The Morgan fingerprint density at radius 1 is 0.944 bits per heavy atom. The van der Waals surface area contributed by atoms with Crippen LogP contribution in [-0.4, -0.2) is 6.54 Å². The molecule has 2 N–H and O–H groups in total. The maximum Gasteiger partial charge on any atom is -0.00713 e. The van der Waals surface area contributed by atoms with E-state index in [0.717, 1.165) is 19.4 Å². The van der Waals surface area contributed by atoms with E-state index >= 15 is 0 Å². The van der Waals surface area contributed by atoms with Gasteiger partial charge in [0.05, 0.1) is 0 Å². The minimum atomic E-state index is 0.526. The minimum Gasteiger partial charge on any atom is -0.330 e. The van der Waals surface area contributed by atoms with Crippen molar-refractivity contribution in [3.05, 3.63) is 71.3 Å². The lowest BCUT2D eigenvalue weighted by molar-refractivity contribution is 0.630. The SMILES string of the molecule is Cc1ccc(C(CCN)Cc2ccccc2)cc1. The second kappa shape index (κ2) is 6.36. The Morgan fingerprint density at radius 2 is 1.61 bits per heavy atom. The average Bonchev–Trinajstić information content (AvgIpc) is 2.40. The molecule has 0 spiro atoms. The smallest absolute Gasteiger partial charge is 0.00713 e. The van der Waals surface area contributed by atoms with Crippen molar-refractivity contribution >= 4 is 0 Å². The lowest BCUT2D eigenvalue weighted by Gasteiger charge is -2.17. The van der Waals surface area contributed by atoms with Crippen LogP contribution in [0.5, 0.6) is 0 Å². The number of hydrogen-bond donors (Lipinski definition) is 1. The van der Waals surface area contributed by atoms with Crippen LogP contribution in [0.25, 0.3) is 0 Å². The molecule has 94 valence electrons. The summed E-state index contributed by atoms with van der Waals surface area (Å²) < 4.78 is 0. The first-order valence-electron chi connectivity index (χ1n) is 6.60. The van der Waals surface area contributed by atoms with Crippen molar-refractivity contribution in [2.75, 3.05) is 6.54 Å². The molecule has 2 aromatic carbocycles. The third-order valence-corrected chi connectivity index (χ3v) is 3.39. The normalized spacial score (nSPS) is 12.3. The minimum absolute atomic E-state index is 0.526. The fraction of sp³-hybridized carbons (Fsp3) is 0.294. The zero-order valence-corrected chi connectivity index (χ0v) is 11.0. The van der Waals surface area contributed by atoms with E-state index in [1.807, 2.05) is 0 Å². The second-order valence-electron chi connectivity index (χ2n) is 4.87. The fourth-order valence-corrected chi connectivity index (χ4v) is 2.32. The van der Waals surface area contributed by atoms with Crippen LogP contribution in [0, 0.1) is 6.92 Å². The zero-order valence-electron chi connectivity index (χ0n) is 11.0. The molecular formula is C17H21N. The van der Waals surface area contributed by atoms with Gasteiger partial charge in [-0.25, -0.2) is 0 Å². The molecule has 0 aliphatic rings. The summed E-state index contributed by atoms with van der Waals surface area (Å²) in [6.07, 6.45) is 2.11. The lowest BCUT2D eigenvalue weighted by atomic mass is 9.89. The Kier molecular flexibility index (Phi) is 4.54. The van der Waals surface area contributed by atoms with E-state index < -0.39 is 0 Å². The first kappa shape index (κ1) is 12.8. The molecule has 0 heterocycles. The van der Waals surface area contributed by atoms with Gasteiger partial charge < -0.3 is 5.73 Å². The number of hydrogen-bond acceptors (Lipinski definition) is 1. The van der Waals surface area contributed by atoms with Crippen molar-refractivity contribution < 1.29 is 0 Å². The van der Waals surface area contributed by atoms with Gasteiger partial charge in [0.25, 0.3) is 0 Å². The molecule has 1 heteroatoms. The van der Waals surface area contributed by atoms with E-state index in [9.17, 15) is 0 Å². The van der Waals surface area contributed by atoms with Crippen LogP contribution in [0.2, 0.25) is 0 Å². The summed E-state index contributed by atoms with van der Waals surface area (Å²) in [4.78, 5) is 0. The van der Waals surface area contributed by atoms with Gasteiger partial charge in [-0.05, 0) is 43.4 Å². The van der Waals surface area contributed by atoms with E-state index in [1.54, 1.807) is 0 Å². The monoisotopic (exact) mass is 239 g/mol. The van der Waals surface area contributed by atoms with Gasteiger partial charge in [-0.3, -0.25) is 0 Å². The summed E-state index contributed by atoms with van der Waals surface area (Å²) >= 11 is 0. The third kappa shape index (κ3) is 3.44. The van der Waals surface area contributed by atoms with Crippen molar-refractivity contribution in [1.82, 2.24) is 0 Å². The molecule has 0 bridgehead atoms. The van der Waals surface area contributed by atoms with Gasteiger partial charge in [0.2, 0.25) is 0 Å². The molecular weight excluding hydrogens is 218 g/mol. The van der Waals surface area contributed by atoms with Gasteiger partial charge in [0.1, 0.15) is 0 Å². The largest absolute Gasteiger partial charge is 0.330 e. The Morgan fingerprint density at radius 3 is 2.22 bits per heavy atom. The van der Waals surface area contributed by atoms with Gasteiger partial charge in [0.15, 0.2) is 0 Å². The van der Waals surface area contributed by atoms with E-state index in [1.165, 1.54) is 16.7 Å². The highest BCUT2D eigenvalue weighted by Crippen LogP contribution is 2.24. The summed E-state index contributed by atoms with van der Waals surface area (Å²) in [6, 6.07) is 19.5. The first-order chi connectivity index (χ1) is 8.79. The van der Waals surface area contributed by atoms with Crippen LogP contribution in [0.15, 0.2) is 54.6 Å². The van der Waals surface area contributed by atoms with Crippen molar-refractivity contribution in [1.29, 1.82) is 0 Å². The van der Waals surface area contributed by atoms with E-state index in [4.69, 9.17) is 5.73 Å².